The molecule has 0 aliphatic heterocycles. The van der Waals surface area contributed by atoms with E-state index in [9.17, 15) is 0 Å². The zero-order valence-electron chi connectivity index (χ0n) is 13.6. The maximum atomic E-state index is 7.50. The Morgan fingerprint density at radius 1 is 0.444 bits per heavy atom. The molecule has 6 nitrogen and oxygen atoms in total. The Balaban J connectivity index is -0.0000000688. The summed E-state index contributed by atoms with van der Waals surface area (Å²) >= 11 is 0. The summed E-state index contributed by atoms with van der Waals surface area (Å²) in [6, 6.07) is 17.3. The predicted molar refractivity (Wildman–Crippen MR) is 78.3 cm³/mol. The second-order valence-corrected chi connectivity index (χ2v) is 3.49. The Morgan fingerprint density at radius 3 is 0.926 bits per heavy atom. The molecule has 3 rings (SSSR count). The molecule has 27 heavy (non-hydrogen) atoms. The first-order valence-electron chi connectivity index (χ1n) is 5.84. The standard InChI is InChI=1S/C13H10.6CO.2Cr/c1-3-7-12-10(5-1)9-11-6-2-4-8-13(11)12;6*1-2;;/h1-8H,9H2;;;;;;;;. The summed E-state index contributed by atoms with van der Waals surface area (Å²) in [6.45, 7) is 27.0. The monoisotopic (exact) mass is 438 g/mol. The van der Waals surface area contributed by atoms with Crippen molar-refractivity contribution in [2.24, 2.45) is 0 Å². The number of hydrogen-bond acceptors (Lipinski definition) is 0. The minimum Gasteiger partial charge on any atom is -0.0619 e. The van der Waals surface area contributed by atoms with Crippen LogP contribution in [0.15, 0.2) is 48.5 Å². The van der Waals surface area contributed by atoms with Crippen molar-refractivity contribution in [3.05, 3.63) is 99.6 Å². The van der Waals surface area contributed by atoms with Crippen molar-refractivity contribution in [3.63, 3.8) is 0 Å². The third-order valence-electron chi connectivity index (χ3n) is 2.71. The van der Waals surface area contributed by atoms with Crippen LogP contribution in [0.2, 0.25) is 0 Å². The van der Waals surface area contributed by atoms with Gasteiger partial charge in [-0.25, -0.2) is 0 Å². The van der Waals surface area contributed by atoms with E-state index in [2.05, 4.69) is 88.4 Å². The van der Waals surface area contributed by atoms with E-state index in [1.807, 2.05) is 0 Å². The van der Waals surface area contributed by atoms with E-state index in [4.69, 9.17) is 27.9 Å². The molecule has 8 heteroatoms. The zero-order valence-corrected chi connectivity index (χ0v) is 16.1. The van der Waals surface area contributed by atoms with Crippen LogP contribution in [0.3, 0.4) is 0 Å². The number of hydrogen-bond donors (Lipinski definition) is 0. The first-order chi connectivity index (χ1) is 12.4. The van der Waals surface area contributed by atoms with Crippen molar-refractivity contribution >= 4 is 0 Å². The number of fused-ring (bicyclic) bond motifs is 3. The van der Waals surface area contributed by atoms with Gasteiger partial charge in [0.25, 0.3) is 0 Å². The summed E-state index contributed by atoms with van der Waals surface area (Å²) in [5, 5.41) is 0. The van der Waals surface area contributed by atoms with Crippen molar-refractivity contribution in [2.45, 2.75) is 6.42 Å². The molecule has 1 aliphatic carbocycles. The average Bonchev–Trinajstić information content (AvgIpc) is 3.15. The van der Waals surface area contributed by atoms with Crippen LogP contribution in [0.5, 0.6) is 0 Å². The molecule has 0 unspecified atom stereocenters. The fourth-order valence-electron chi connectivity index (χ4n) is 2.08. The topological polar surface area (TPSA) is 119 Å². The van der Waals surface area contributed by atoms with Crippen LogP contribution in [0, 0.1) is 39.9 Å². The van der Waals surface area contributed by atoms with Crippen molar-refractivity contribution in [1.82, 2.24) is 0 Å². The fraction of sp³-hybridized carbons (Fsp3) is 0.0526. The Morgan fingerprint density at radius 2 is 0.667 bits per heavy atom. The van der Waals surface area contributed by atoms with Gasteiger partial charge in [0.1, 0.15) is 0 Å². The average molecular weight is 438 g/mol. The third kappa shape index (κ3) is 14.8. The Labute approximate surface area is 179 Å². The van der Waals surface area contributed by atoms with Gasteiger partial charge in [0.05, 0.1) is 0 Å². The molecule has 0 aromatic heterocycles. The van der Waals surface area contributed by atoms with Crippen LogP contribution in [0.25, 0.3) is 11.1 Å². The molecule has 0 atom stereocenters. The number of rotatable bonds is 0. The van der Waals surface area contributed by atoms with Crippen molar-refractivity contribution in [3.8, 4) is 11.1 Å². The van der Waals surface area contributed by atoms with E-state index in [1.165, 1.54) is 22.3 Å². The molecular weight excluding hydrogens is 428 g/mol. The van der Waals surface area contributed by atoms with Crippen LogP contribution in [0.4, 0.5) is 0 Å². The SMILES string of the molecule is [C-]#[O+].[C-]#[O+].[C-]#[O+].[C-]#[O+].[C-]#[O+].[C-]#[O+].[Cr].[Cr].c1ccc2c(c1)Cc1ccccc1-2. The van der Waals surface area contributed by atoms with Crippen molar-refractivity contribution in [2.75, 3.05) is 0 Å². The molecule has 2 aromatic rings. The summed E-state index contributed by atoms with van der Waals surface area (Å²) in [5.74, 6) is 0. The van der Waals surface area contributed by atoms with Gasteiger partial charge < -0.3 is 0 Å². The van der Waals surface area contributed by atoms with Gasteiger partial charge in [-0.3, -0.25) is 0 Å². The quantitative estimate of drug-likeness (QED) is 0.379. The molecule has 0 amide bonds. The van der Waals surface area contributed by atoms with Gasteiger partial charge >= 0.3 is 67.8 Å². The summed E-state index contributed by atoms with van der Waals surface area (Å²) in [7, 11) is 0. The van der Waals surface area contributed by atoms with Gasteiger partial charge in [-0.15, -0.1) is 0 Å². The van der Waals surface area contributed by atoms with Gasteiger partial charge in [-0.1, -0.05) is 48.5 Å². The van der Waals surface area contributed by atoms with E-state index in [1.54, 1.807) is 0 Å². The van der Waals surface area contributed by atoms with Gasteiger partial charge in [-0.05, 0) is 28.7 Å². The minimum atomic E-state index is 0. The fourth-order valence-corrected chi connectivity index (χ4v) is 2.08. The molecule has 0 N–H and O–H groups in total. The molecule has 2 aromatic carbocycles. The van der Waals surface area contributed by atoms with Crippen molar-refractivity contribution < 1.29 is 62.6 Å². The molecule has 134 valence electrons. The normalized spacial score (nSPS) is 6.37. The molecule has 1 aliphatic rings. The largest absolute Gasteiger partial charge is 0.0619 e. The smallest absolute Gasteiger partial charge is 0 e. The van der Waals surface area contributed by atoms with E-state index < -0.39 is 0 Å². The maximum Gasteiger partial charge on any atom is 0 e. The summed E-state index contributed by atoms with van der Waals surface area (Å²) < 4.78 is 45.0. The molecule has 0 saturated heterocycles. The number of benzene rings is 2. The summed E-state index contributed by atoms with van der Waals surface area (Å²) in [4.78, 5) is 0. The molecule has 0 fully saturated rings. The Kier molecular flexibility index (Phi) is 51.8. The summed E-state index contributed by atoms with van der Waals surface area (Å²) in [6.07, 6.45) is 1.10. The van der Waals surface area contributed by atoms with Crippen LogP contribution < -0.4 is 0 Å². The molecule has 0 spiro atoms. The van der Waals surface area contributed by atoms with Crippen molar-refractivity contribution in [1.29, 1.82) is 0 Å². The molecule has 0 radical (unpaired) electrons. The molecule has 0 saturated carbocycles. The van der Waals surface area contributed by atoms with Crippen LogP contribution in [0.1, 0.15) is 11.1 Å². The Hall–Kier alpha value is -2.06. The predicted octanol–water partition coefficient (Wildman–Crippen LogP) is 3.03. The first kappa shape index (κ1) is 39.8. The van der Waals surface area contributed by atoms with Crippen LogP contribution in [-0.2, 0) is 69.1 Å². The minimum absolute atomic E-state index is 0. The third-order valence-corrected chi connectivity index (χ3v) is 2.71. The second-order valence-electron chi connectivity index (χ2n) is 3.49. The van der Waals surface area contributed by atoms with Crippen LogP contribution in [-0.4, -0.2) is 0 Å². The van der Waals surface area contributed by atoms with E-state index in [0.29, 0.717) is 0 Å². The zero-order chi connectivity index (χ0) is 20.7. The van der Waals surface area contributed by atoms with Crippen LogP contribution >= 0.6 is 0 Å². The van der Waals surface area contributed by atoms with E-state index in [0.717, 1.165) is 6.42 Å². The van der Waals surface area contributed by atoms with E-state index >= 15 is 0 Å². The Bertz CT molecular complexity index is 625. The van der Waals surface area contributed by atoms with Gasteiger partial charge in [0.2, 0.25) is 0 Å². The first-order valence-corrected chi connectivity index (χ1v) is 5.84. The molecular formula is C19H10Cr2O6. The van der Waals surface area contributed by atoms with Gasteiger partial charge in [0, 0.05) is 34.7 Å². The molecule has 0 bridgehead atoms. The van der Waals surface area contributed by atoms with E-state index in [-0.39, 0.29) is 34.7 Å². The van der Waals surface area contributed by atoms with Gasteiger partial charge in [0.15, 0.2) is 0 Å². The molecule has 0 heterocycles. The second kappa shape index (κ2) is 35.1. The maximum absolute atomic E-state index is 7.50. The summed E-state index contributed by atoms with van der Waals surface area (Å²) in [5.41, 5.74) is 5.75. The van der Waals surface area contributed by atoms with Gasteiger partial charge in [-0.2, -0.15) is 0 Å².